The van der Waals surface area contributed by atoms with Gasteiger partial charge in [0.25, 0.3) is 0 Å². The van der Waals surface area contributed by atoms with Gasteiger partial charge in [-0.15, -0.1) is 0 Å². The summed E-state index contributed by atoms with van der Waals surface area (Å²) in [5, 5.41) is 4.29. The average molecular weight is 328 g/mol. The highest BCUT2D eigenvalue weighted by atomic mass is 32.1. The van der Waals surface area contributed by atoms with Crippen LogP contribution >= 0.6 is 12.2 Å². The largest absolute Gasteiger partial charge is 0.352 e. The van der Waals surface area contributed by atoms with Crippen LogP contribution in [0.15, 0.2) is 30.5 Å². The van der Waals surface area contributed by atoms with Crippen LogP contribution < -0.4 is 5.32 Å². The third-order valence-electron chi connectivity index (χ3n) is 4.79. The highest BCUT2D eigenvalue weighted by molar-refractivity contribution is 7.80. The molecule has 122 valence electrons. The van der Waals surface area contributed by atoms with E-state index in [1.54, 1.807) is 0 Å². The number of thiocarbonyl (C=S) groups is 1. The molecule has 0 saturated carbocycles. The Morgan fingerprint density at radius 3 is 2.57 bits per heavy atom. The molecule has 3 heterocycles. The van der Waals surface area contributed by atoms with E-state index in [1.807, 2.05) is 18.3 Å². The number of nitrogens with one attached hydrogen (secondary N) is 1. The quantitative estimate of drug-likeness (QED) is 0.871. The Bertz CT molecular complexity index is 707. The fourth-order valence-electron chi connectivity index (χ4n) is 3.70. The molecule has 3 rings (SSSR count). The molecule has 0 unspecified atom stereocenters. The van der Waals surface area contributed by atoms with E-state index in [4.69, 9.17) is 12.2 Å². The van der Waals surface area contributed by atoms with Crippen molar-refractivity contribution in [2.24, 2.45) is 0 Å². The Morgan fingerprint density at radius 1 is 1.22 bits per heavy atom. The fourth-order valence-corrected chi connectivity index (χ4v) is 4.07. The van der Waals surface area contributed by atoms with Gasteiger partial charge < -0.3 is 14.8 Å². The topological polar surface area (TPSA) is 33.1 Å². The predicted octanol–water partition coefficient (Wildman–Crippen LogP) is 3.51. The van der Waals surface area contributed by atoms with Crippen LogP contribution in [-0.4, -0.2) is 26.1 Å². The minimum Gasteiger partial charge on any atom is -0.352 e. The molecule has 2 atom stereocenters. The normalized spacial score (nSPS) is 20.9. The van der Waals surface area contributed by atoms with Gasteiger partial charge in [0.2, 0.25) is 0 Å². The molecule has 0 spiro atoms. The Morgan fingerprint density at radius 2 is 2.00 bits per heavy atom. The summed E-state index contributed by atoms with van der Waals surface area (Å²) >= 11 is 5.59. The van der Waals surface area contributed by atoms with Gasteiger partial charge in [-0.2, -0.15) is 0 Å². The second-order valence-electron chi connectivity index (χ2n) is 5.98. The van der Waals surface area contributed by atoms with Gasteiger partial charge in [0.05, 0.1) is 17.8 Å². The van der Waals surface area contributed by atoms with Crippen LogP contribution in [0.1, 0.15) is 48.6 Å². The number of pyridine rings is 1. The lowest BCUT2D eigenvalue weighted by Gasteiger charge is -2.27. The Balaban J connectivity index is 2.10. The molecule has 1 fully saturated rings. The monoisotopic (exact) mass is 328 g/mol. The minimum absolute atomic E-state index is 0.0921. The van der Waals surface area contributed by atoms with Crippen LogP contribution in [0.2, 0.25) is 0 Å². The summed E-state index contributed by atoms with van der Waals surface area (Å²) in [5.41, 5.74) is 5.00. The second-order valence-corrected chi connectivity index (χ2v) is 6.37. The highest BCUT2D eigenvalue weighted by Gasteiger charge is 2.40. The van der Waals surface area contributed by atoms with Crippen molar-refractivity contribution in [2.45, 2.75) is 46.3 Å². The molecule has 1 N–H and O–H groups in total. The minimum atomic E-state index is 0.0921. The van der Waals surface area contributed by atoms with Crippen molar-refractivity contribution in [3.63, 3.8) is 0 Å². The molecule has 2 aromatic rings. The average Bonchev–Trinajstić information content (AvgIpc) is 3.04. The number of aryl methyl sites for hydroxylation is 1. The van der Waals surface area contributed by atoms with Gasteiger partial charge >= 0.3 is 0 Å². The SMILES string of the molecule is CCN1C(=S)N[C@@H](c2ccccn2)[C@@H]1c1cc(C)n(CC)c1C. The summed E-state index contributed by atoms with van der Waals surface area (Å²) in [6.07, 6.45) is 1.85. The molecule has 1 saturated heterocycles. The molecule has 23 heavy (non-hydrogen) atoms. The third kappa shape index (κ3) is 2.63. The number of rotatable bonds is 4. The lowest BCUT2D eigenvalue weighted by molar-refractivity contribution is 0.329. The van der Waals surface area contributed by atoms with Crippen molar-refractivity contribution >= 4 is 17.3 Å². The molecule has 1 aliphatic rings. The maximum atomic E-state index is 5.59. The predicted molar refractivity (Wildman–Crippen MR) is 97.4 cm³/mol. The number of hydrogen-bond donors (Lipinski definition) is 1. The van der Waals surface area contributed by atoms with Crippen molar-refractivity contribution in [3.05, 3.63) is 53.1 Å². The van der Waals surface area contributed by atoms with E-state index in [-0.39, 0.29) is 12.1 Å². The molecule has 0 radical (unpaired) electrons. The summed E-state index contributed by atoms with van der Waals surface area (Å²) in [7, 11) is 0. The van der Waals surface area contributed by atoms with Gasteiger partial charge in [-0.25, -0.2) is 0 Å². The van der Waals surface area contributed by atoms with Gasteiger partial charge in [0.15, 0.2) is 5.11 Å². The highest BCUT2D eigenvalue weighted by Crippen LogP contribution is 2.40. The molecule has 2 aromatic heterocycles. The van der Waals surface area contributed by atoms with Crippen molar-refractivity contribution < 1.29 is 0 Å². The van der Waals surface area contributed by atoms with E-state index in [2.05, 4.69) is 59.6 Å². The fraction of sp³-hybridized carbons (Fsp3) is 0.444. The van der Waals surface area contributed by atoms with Crippen molar-refractivity contribution in [2.75, 3.05) is 6.54 Å². The first-order valence-electron chi connectivity index (χ1n) is 8.23. The summed E-state index contributed by atoms with van der Waals surface area (Å²) in [6.45, 7) is 10.6. The maximum Gasteiger partial charge on any atom is 0.170 e. The molecule has 4 nitrogen and oxygen atoms in total. The first-order valence-corrected chi connectivity index (χ1v) is 8.64. The molecule has 5 heteroatoms. The van der Waals surface area contributed by atoms with Crippen LogP contribution in [0.4, 0.5) is 0 Å². The molecule has 0 aliphatic carbocycles. The molecule has 1 aliphatic heterocycles. The van der Waals surface area contributed by atoms with Crippen LogP contribution in [0, 0.1) is 13.8 Å². The first-order chi connectivity index (χ1) is 11.1. The lowest BCUT2D eigenvalue weighted by Crippen LogP contribution is -2.29. The van der Waals surface area contributed by atoms with E-state index >= 15 is 0 Å². The van der Waals surface area contributed by atoms with E-state index < -0.39 is 0 Å². The van der Waals surface area contributed by atoms with Crippen LogP contribution in [0.25, 0.3) is 0 Å². The van der Waals surface area contributed by atoms with Gasteiger partial charge in [-0.1, -0.05) is 6.07 Å². The zero-order chi connectivity index (χ0) is 16.6. The number of aromatic nitrogens is 2. The van der Waals surface area contributed by atoms with E-state index in [9.17, 15) is 0 Å². The van der Waals surface area contributed by atoms with E-state index in [1.165, 1.54) is 17.0 Å². The summed E-state index contributed by atoms with van der Waals surface area (Å²) in [5.74, 6) is 0. The Hall–Kier alpha value is -1.88. The summed E-state index contributed by atoms with van der Waals surface area (Å²) in [4.78, 5) is 6.84. The van der Waals surface area contributed by atoms with Gasteiger partial charge in [-0.05, 0) is 63.7 Å². The van der Waals surface area contributed by atoms with Gasteiger partial charge in [0, 0.05) is 30.7 Å². The van der Waals surface area contributed by atoms with Gasteiger partial charge in [0.1, 0.15) is 0 Å². The van der Waals surface area contributed by atoms with Crippen LogP contribution in [0.5, 0.6) is 0 Å². The summed E-state index contributed by atoms with van der Waals surface area (Å²) < 4.78 is 2.36. The van der Waals surface area contributed by atoms with Crippen molar-refractivity contribution in [1.82, 2.24) is 19.8 Å². The maximum absolute atomic E-state index is 5.59. The number of likely N-dealkylation sites (N-methyl/N-ethyl adjacent to an activating group) is 1. The Kier molecular flexibility index (Phi) is 4.39. The zero-order valence-corrected chi connectivity index (χ0v) is 15.0. The third-order valence-corrected chi connectivity index (χ3v) is 5.14. The van der Waals surface area contributed by atoms with Crippen molar-refractivity contribution in [1.29, 1.82) is 0 Å². The summed E-state index contributed by atoms with van der Waals surface area (Å²) in [6, 6.07) is 8.65. The second kappa shape index (κ2) is 6.32. The van der Waals surface area contributed by atoms with Crippen LogP contribution in [0.3, 0.4) is 0 Å². The van der Waals surface area contributed by atoms with Crippen molar-refractivity contribution in [3.8, 4) is 0 Å². The smallest absolute Gasteiger partial charge is 0.170 e. The van der Waals surface area contributed by atoms with E-state index in [0.29, 0.717) is 0 Å². The molecular weight excluding hydrogens is 304 g/mol. The molecule has 0 aromatic carbocycles. The standard InChI is InChI=1S/C18H24N4S/c1-5-21-12(3)11-14(13(21)4)17-16(15-9-7-8-10-19-15)20-18(23)22(17)6-2/h7-11,16-17H,5-6H2,1-4H3,(H,20,23)/t16-,17-/m0/s1. The molecular formula is C18H24N4S. The molecule has 0 amide bonds. The van der Waals surface area contributed by atoms with Crippen LogP contribution in [-0.2, 0) is 6.54 Å². The first kappa shape index (κ1) is 16.0. The lowest BCUT2D eigenvalue weighted by atomic mass is 9.97. The zero-order valence-electron chi connectivity index (χ0n) is 14.2. The number of nitrogens with zero attached hydrogens (tertiary/aromatic N) is 3. The Labute approximate surface area is 143 Å². The van der Waals surface area contributed by atoms with E-state index in [0.717, 1.165) is 23.9 Å². The number of hydrogen-bond acceptors (Lipinski definition) is 2. The van der Waals surface area contributed by atoms with Gasteiger partial charge in [-0.3, -0.25) is 4.98 Å². The molecule has 0 bridgehead atoms.